The van der Waals surface area contributed by atoms with Crippen LogP contribution in [0.25, 0.3) is 10.6 Å². The van der Waals surface area contributed by atoms with Crippen LogP contribution in [0.5, 0.6) is 0 Å². The highest BCUT2D eigenvalue weighted by Crippen LogP contribution is 2.29. The van der Waals surface area contributed by atoms with Gasteiger partial charge in [-0.15, -0.1) is 10.2 Å². The number of rotatable bonds is 5. The average molecular weight is 465 g/mol. The number of amides is 3. The monoisotopic (exact) mass is 464 g/mol. The molecule has 2 heterocycles. The molecule has 0 bridgehead atoms. The second-order valence-corrected chi connectivity index (χ2v) is 9.42. The molecule has 1 aliphatic rings. The van der Waals surface area contributed by atoms with E-state index in [1.165, 1.54) is 11.3 Å². The quantitative estimate of drug-likeness (QED) is 0.579. The van der Waals surface area contributed by atoms with Gasteiger partial charge in [0.25, 0.3) is 0 Å². The largest absolute Gasteiger partial charge is 0.378 e. The summed E-state index contributed by atoms with van der Waals surface area (Å²) in [6, 6.07) is 13.1. The molecule has 1 aromatic heterocycles. The summed E-state index contributed by atoms with van der Waals surface area (Å²) in [5.41, 5.74) is 4.91. The van der Waals surface area contributed by atoms with Crippen molar-refractivity contribution in [1.29, 1.82) is 0 Å². The summed E-state index contributed by atoms with van der Waals surface area (Å²) in [7, 11) is 3.98. The van der Waals surface area contributed by atoms with Crippen LogP contribution >= 0.6 is 11.3 Å². The van der Waals surface area contributed by atoms with E-state index in [0.717, 1.165) is 39.5 Å². The summed E-state index contributed by atoms with van der Waals surface area (Å²) in [5.74, 6) is -0.242. The Morgan fingerprint density at radius 1 is 1.06 bits per heavy atom. The fourth-order valence-corrected chi connectivity index (χ4v) is 4.66. The first kappa shape index (κ1) is 22.7. The SMILES string of the molecule is Cc1ccc(NC(=O)N2CCCC2C(=O)Nc2nnc(-c3ccc(N(C)C)cc3)s2)c(C)c1. The molecular formula is C24H28N6O2S. The van der Waals surface area contributed by atoms with Crippen LogP contribution < -0.4 is 15.5 Å². The van der Waals surface area contributed by atoms with E-state index in [2.05, 4.69) is 20.8 Å². The molecule has 0 aliphatic carbocycles. The van der Waals surface area contributed by atoms with Crippen LogP contribution in [0.3, 0.4) is 0 Å². The maximum absolute atomic E-state index is 13.0. The third-order valence-corrected chi connectivity index (χ3v) is 6.61. The van der Waals surface area contributed by atoms with Crippen molar-refractivity contribution in [2.24, 2.45) is 0 Å². The van der Waals surface area contributed by atoms with Crippen molar-refractivity contribution < 1.29 is 9.59 Å². The first-order valence-electron chi connectivity index (χ1n) is 10.9. The average Bonchev–Trinajstić information content (AvgIpc) is 3.45. The van der Waals surface area contributed by atoms with Gasteiger partial charge in [0.05, 0.1) is 0 Å². The molecule has 3 aromatic rings. The number of nitrogens with one attached hydrogen (secondary N) is 2. The molecule has 2 N–H and O–H groups in total. The summed E-state index contributed by atoms with van der Waals surface area (Å²) in [6.45, 7) is 4.50. The molecule has 0 radical (unpaired) electrons. The molecule has 1 unspecified atom stereocenters. The highest BCUT2D eigenvalue weighted by Gasteiger charge is 2.34. The van der Waals surface area contributed by atoms with Gasteiger partial charge in [0.2, 0.25) is 11.0 Å². The van der Waals surface area contributed by atoms with E-state index in [0.29, 0.717) is 18.1 Å². The van der Waals surface area contributed by atoms with Gasteiger partial charge in [-0.25, -0.2) is 4.79 Å². The number of aryl methyl sites for hydroxylation is 2. The Morgan fingerprint density at radius 2 is 1.82 bits per heavy atom. The molecule has 1 saturated heterocycles. The highest BCUT2D eigenvalue weighted by atomic mass is 32.1. The number of likely N-dealkylation sites (tertiary alicyclic amines) is 1. The molecule has 0 spiro atoms. The summed E-state index contributed by atoms with van der Waals surface area (Å²) in [4.78, 5) is 29.5. The van der Waals surface area contributed by atoms with Crippen molar-refractivity contribution in [3.05, 3.63) is 53.6 Å². The van der Waals surface area contributed by atoms with Crippen molar-refractivity contribution in [2.75, 3.05) is 36.2 Å². The van der Waals surface area contributed by atoms with E-state index < -0.39 is 6.04 Å². The molecule has 1 atom stereocenters. The second-order valence-electron chi connectivity index (χ2n) is 8.44. The molecule has 33 heavy (non-hydrogen) atoms. The van der Waals surface area contributed by atoms with Crippen molar-refractivity contribution in [1.82, 2.24) is 15.1 Å². The highest BCUT2D eigenvalue weighted by molar-refractivity contribution is 7.18. The molecule has 3 amide bonds. The predicted molar refractivity (Wildman–Crippen MR) is 133 cm³/mol. The lowest BCUT2D eigenvalue weighted by Gasteiger charge is -2.24. The lowest BCUT2D eigenvalue weighted by Crippen LogP contribution is -2.45. The van der Waals surface area contributed by atoms with Gasteiger partial charge in [-0.1, -0.05) is 29.0 Å². The minimum absolute atomic E-state index is 0.242. The van der Waals surface area contributed by atoms with E-state index in [9.17, 15) is 9.59 Å². The molecule has 1 aliphatic heterocycles. The Kier molecular flexibility index (Phi) is 6.60. The smallest absolute Gasteiger partial charge is 0.322 e. The van der Waals surface area contributed by atoms with Crippen LogP contribution in [-0.4, -0.2) is 53.7 Å². The van der Waals surface area contributed by atoms with Crippen LogP contribution in [0.15, 0.2) is 42.5 Å². The third-order valence-electron chi connectivity index (χ3n) is 5.73. The molecule has 8 nitrogen and oxygen atoms in total. The molecular weight excluding hydrogens is 436 g/mol. The van der Waals surface area contributed by atoms with Crippen molar-refractivity contribution >= 4 is 39.8 Å². The molecule has 4 rings (SSSR count). The van der Waals surface area contributed by atoms with Crippen LogP contribution in [0.2, 0.25) is 0 Å². The van der Waals surface area contributed by atoms with Gasteiger partial charge in [0.1, 0.15) is 11.0 Å². The van der Waals surface area contributed by atoms with Gasteiger partial charge in [-0.2, -0.15) is 0 Å². The third kappa shape index (κ3) is 5.14. The minimum atomic E-state index is -0.539. The Bertz CT molecular complexity index is 1160. The number of urea groups is 1. The predicted octanol–water partition coefficient (Wildman–Crippen LogP) is 4.52. The minimum Gasteiger partial charge on any atom is -0.378 e. The van der Waals surface area contributed by atoms with E-state index in [1.54, 1.807) is 4.90 Å². The van der Waals surface area contributed by atoms with Crippen molar-refractivity contribution in [3.63, 3.8) is 0 Å². The maximum Gasteiger partial charge on any atom is 0.322 e. The van der Waals surface area contributed by atoms with Crippen LogP contribution in [0.1, 0.15) is 24.0 Å². The zero-order chi connectivity index (χ0) is 23.5. The van der Waals surface area contributed by atoms with E-state index in [1.807, 2.05) is 75.3 Å². The Hall–Kier alpha value is -3.46. The number of carbonyl (C=O) groups excluding carboxylic acids is 2. The van der Waals surface area contributed by atoms with Gasteiger partial charge >= 0.3 is 6.03 Å². The maximum atomic E-state index is 13.0. The van der Waals surface area contributed by atoms with E-state index >= 15 is 0 Å². The summed E-state index contributed by atoms with van der Waals surface area (Å²) in [6.07, 6.45) is 1.39. The number of nitrogens with zero attached hydrogens (tertiary/aromatic N) is 4. The number of carbonyl (C=O) groups is 2. The summed E-state index contributed by atoms with van der Waals surface area (Å²) >= 11 is 1.32. The fourth-order valence-electron chi connectivity index (χ4n) is 3.90. The molecule has 172 valence electrons. The molecule has 9 heteroatoms. The second kappa shape index (κ2) is 9.58. The number of hydrogen-bond acceptors (Lipinski definition) is 6. The first-order valence-corrected chi connectivity index (χ1v) is 11.7. The number of hydrogen-bond donors (Lipinski definition) is 2. The standard InChI is InChI=1S/C24H28N6O2S/c1-15-7-12-19(16(2)14-15)25-24(32)30-13-5-6-20(30)21(31)26-23-28-27-22(33-23)17-8-10-18(11-9-17)29(3)4/h7-12,14,20H,5-6,13H2,1-4H3,(H,25,32)(H,26,28,31). The van der Waals surface area contributed by atoms with Crippen molar-refractivity contribution in [3.8, 4) is 10.6 Å². The Balaban J connectivity index is 1.41. The number of anilines is 3. The Morgan fingerprint density at radius 3 is 2.52 bits per heavy atom. The van der Waals surface area contributed by atoms with Gasteiger partial charge in [0, 0.05) is 37.6 Å². The van der Waals surface area contributed by atoms with Crippen LogP contribution in [0, 0.1) is 13.8 Å². The van der Waals surface area contributed by atoms with Crippen molar-refractivity contribution in [2.45, 2.75) is 32.7 Å². The molecule has 2 aromatic carbocycles. The van der Waals surface area contributed by atoms with Gasteiger partial charge in [-0.3, -0.25) is 10.1 Å². The van der Waals surface area contributed by atoms with Gasteiger partial charge < -0.3 is 15.1 Å². The lowest BCUT2D eigenvalue weighted by atomic mass is 10.1. The van der Waals surface area contributed by atoms with Gasteiger partial charge in [0.15, 0.2) is 0 Å². The van der Waals surface area contributed by atoms with E-state index in [-0.39, 0.29) is 11.9 Å². The lowest BCUT2D eigenvalue weighted by molar-refractivity contribution is -0.119. The number of benzene rings is 2. The van der Waals surface area contributed by atoms with E-state index in [4.69, 9.17) is 0 Å². The zero-order valence-corrected chi connectivity index (χ0v) is 20.1. The molecule has 1 fully saturated rings. The fraction of sp³-hybridized carbons (Fsp3) is 0.333. The summed E-state index contributed by atoms with van der Waals surface area (Å²) in [5, 5.41) is 15.3. The van der Waals surface area contributed by atoms with Gasteiger partial charge in [-0.05, 0) is 62.6 Å². The topological polar surface area (TPSA) is 90.5 Å². The zero-order valence-electron chi connectivity index (χ0n) is 19.3. The summed E-state index contributed by atoms with van der Waals surface area (Å²) < 4.78 is 0. The van der Waals surface area contributed by atoms with Crippen LogP contribution in [0.4, 0.5) is 21.3 Å². The first-order chi connectivity index (χ1) is 15.8. The molecule has 0 saturated carbocycles. The number of aromatic nitrogens is 2. The normalized spacial score (nSPS) is 15.4. The Labute approximate surface area is 197 Å². The van der Waals surface area contributed by atoms with Crippen LogP contribution in [-0.2, 0) is 4.79 Å².